The molecule has 17 heavy (non-hydrogen) atoms. The third-order valence-corrected chi connectivity index (χ3v) is 2.68. The highest BCUT2D eigenvalue weighted by molar-refractivity contribution is 9.10. The molecule has 3 N–H and O–H groups in total. The number of halogens is 3. The minimum atomic E-state index is -0.680. The maximum absolute atomic E-state index is 13.4. The highest BCUT2D eigenvalue weighted by Gasteiger charge is 2.08. The Bertz CT molecular complexity index is 560. The largest absolute Gasteiger partial charge is 0.384 e. The van der Waals surface area contributed by atoms with E-state index in [1.54, 1.807) is 12.1 Å². The summed E-state index contributed by atoms with van der Waals surface area (Å²) in [6.45, 7) is 0. The number of benzene rings is 1. The monoisotopic (exact) mass is 299 g/mol. The fourth-order valence-electron chi connectivity index (χ4n) is 1.30. The van der Waals surface area contributed by atoms with Gasteiger partial charge < -0.3 is 11.1 Å². The van der Waals surface area contributed by atoms with Gasteiger partial charge in [0.25, 0.3) is 0 Å². The number of nitrogen functional groups attached to an aromatic ring is 1. The van der Waals surface area contributed by atoms with Crippen LogP contribution in [0.4, 0.5) is 26.0 Å². The lowest BCUT2D eigenvalue weighted by atomic mass is 10.2. The molecule has 1 aromatic carbocycles. The van der Waals surface area contributed by atoms with Crippen LogP contribution in [0.15, 0.2) is 34.9 Å². The summed E-state index contributed by atoms with van der Waals surface area (Å²) in [5.74, 6) is -1.01. The zero-order chi connectivity index (χ0) is 12.4. The minimum absolute atomic E-state index is 0.156. The predicted molar refractivity (Wildman–Crippen MR) is 66.0 cm³/mol. The second kappa shape index (κ2) is 4.67. The second-order valence-electron chi connectivity index (χ2n) is 3.34. The number of anilines is 3. The summed E-state index contributed by atoms with van der Waals surface area (Å²) in [6.07, 6.45) is 1.49. The van der Waals surface area contributed by atoms with Gasteiger partial charge in [0.2, 0.25) is 0 Å². The number of hydrogen-bond donors (Lipinski definition) is 2. The van der Waals surface area contributed by atoms with E-state index in [0.717, 1.165) is 6.07 Å². The Hall–Kier alpha value is -1.69. The van der Waals surface area contributed by atoms with Gasteiger partial charge >= 0.3 is 0 Å². The fourth-order valence-corrected chi connectivity index (χ4v) is 1.64. The summed E-state index contributed by atoms with van der Waals surface area (Å²) in [5, 5.41) is 2.79. The summed E-state index contributed by atoms with van der Waals surface area (Å²) in [4.78, 5) is 3.81. The third kappa shape index (κ3) is 2.71. The Morgan fingerprint density at radius 3 is 2.65 bits per heavy atom. The number of aromatic nitrogens is 1. The van der Waals surface area contributed by atoms with Gasteiger partial charge in [-0.2, -0.15) is 0 Å². The van der Waals surface area contributed by atoms with Crippen molar-refractivity contribution in [3.05, 3.63) is 46.6 Å². The van der Waals surface area contributed by atoms with Crippen molar-refractivity contribution < 1.29 is 8.78 Å². The van der Waals surface area contributed by atoms with E-state index in [0.29, 0.717) is 11.5 Å². The molecule has 1 aromatic heterocycles. The Morgan fingerprint density at radius 1 is 1.18 bits per heavy atom. The minimum Gasteiger partial charge on any atom is -0.384 e. The Kier molecular flexibility index (Phi) is 3.23. The first-order valence-corrected chi connectivity index (χ1v) is 5.48. The summed E-state index contributed by atoms with van der Waals surface area (Å²) in [6, 6.07) is 5.31. The molecule has 1 heterocycles. The lowest BCUT2D eigenvalue weighted by Gasteiger charge is -2.08. The number of nitrogens with one attached hydrogen (secondary N) is 1. The molecule has 0 spiro atoms. The van der Waals surface area contributed by atoms with E-state index in [-0.39, 0.29) is 10.2 Å². The third-order valence-electron chi connectivity index (χ3n) is 2.07. The van der Waals surface area contributed by atoms with E-state index in [2.05, 4.69) is 26.2 Å². The van der Waals surface area contributed by atoms with Gasteiger partial charge in [-0.05, 0) is 28.1 Å². The smallest absolute Gasteiger partial charge is 0.149 e. The summed E-state index contributed by atoms with van der Waals surface area (Å²) >= 11 is 2.99. The topological polar surface area (TPSA) is 50.9 Å². The summed E-state index contributed by atoms with van der Waals surface area (Å²) in [5.41, 5.74) is 6.23. The maximum atomic E-state index is 13.4. The van der Waals surface area contributed by atoms with Crippen molar-refractivity contribution in [2.75, 3.05) is 11.1 Å². The maximum Gasteiger partial charge on any atom is 0.149 e. The first-order valence-electron chi connectivity index (χ1n) is 4.69. The molecule has 0 radical (unpaired) electrons. The first kappa shape index (κ1) is 11.8. The van der Waals surface area contributed by atoms with Crippen LogP contribution in [-0.4, -0.2) is 4.98 Å². The van der Waals surface area contributed by atoms with Crippen LogP contribution in [0.3, 0.4) is 0 Å². The van der Waals surface area contributed by atoms with Crippen LogP contribution < -0.4 is 11.1 Å². The van der Waals surface area contributed by atoms with Crippen molar-refractivity contribution in [3.63, 3.8) is 0 Å². The van der Waals surface area contributed by atoms with Crippen LogP contribution in [0, 0.1) is 11.6 Å². The molecule has 2 rings (SSSR count). The fraction of sp³-hybridized carbons (Fsp3) is 0. The number of pyridine rings is 1. The van der Waals surface area contributed by atoms with E-state index in [4.69, 9.17) is 5.73 Å². The highest BCUT2D eigenvalue weighted by Crippen LogP contribution is 2.26. The van der Waals surface area contributed by atoms with Gasteiger partial charge in [0.1, 0.15) is 17.5 Å². The standard InChI is InChI=1S/C11H8BrF2N3/c12-7-4-10(9(14)5-8(7)13)17-6-1-2-16-11(15)3-6/h1-5H,(H3,15,16,17). The van der Waals surface area contributed by atoms with Crippen molar-refractivity contribution in [1.82, 2.24) is 4.98 Å². The van der Waals surface area contributed by atoms with Crippen molar-refractivity contribution in [3.8, 4) is 0 Å². The van der Waals surface area contributed by atoms with Crippen molar-refractivity contribution >= 4 is 33.1 Å². The molecule has 2 aromatic rings. The van der Waals surface area contributed by atoms with Gasteiger partial charge in [0.15, 0.2) is 0 Å². The van der Waals surface area contributed by atoms with Crippen molar-refractivity contribution in [2.24, 2.45) is 0 Å². The SMILES string of the molecule is Nc1cc(Nc2cc(Br)c(F)cc2F)ccn1. The number of nitrogens with zero attached hydrogens (tertiary/aromatic N) is 1. The van der Waals surface area contributed by atoms with E-state index in [1.807, 2.05) is 0 Å². The molecule has 3 nitrogen and oxygen atoms in total. The quantitative estimate of drug-likeness (QED) is 0.835. The lowest BCUT2D eigenvalue weighted by molar-refractivity contribution is 0.581. The molecule has 0 aliphatic heterocycles. The number of rotatable bonds is 2. The molecule has 0 bridgehead atoms. The van der Waals surface area contributed by atoms with Crippen LogP contribution in [0.5, 0.6) is 0 Å². The molecule has 0 atom stereocenters. The van der Waals surface area contributed by atoms with E-state index >= 15 is 0 Å². The van der Waals surface area contributed by atoms with Crippen LogP contribution in [-0.2, 0) is 0 Å². The Labute approximate surface area is 105 Å². The van der Waals surface area contributed by atoms with Crippen molar-refractivity contribution in [1.29, 1.82) is 0 Å². The molecule has 0 saturated heterocycles. The van der Waals surface area contributed by atoms with E-state index < -0.39 is 11.6 Å². The molecular weight excluding hydrogens is 292 g/mol. The summed E-state index contributed by atoms with van der Waals surface area (Å²) < 4.78 is 26.6. The zero-order valence-electron chi connectivity index (χ0n) is 8.55. The normalized spacial score (nSPS) is 10.3. The summed E-state index contributed by atoms with van der Waals surface area (Å²) in [7, 11) is 0. The molecular formula is C11H8BrF2N3. The molecule has 0 aliphatic carbocycles. The average molecular weight is 300 g/mol. The van der Waals surface area contributed by atoms with Gasteiger partial charge in [0.05, 0.1) is 10.2 Å². The number of nitrogens with two attached hydrogens (primary N) is 1. The van der Waals surface area contributed by atoms with Crippen LogP contribution in [0.25, 0.3) is 0 Å². The molecule has 0 unspecified atom stereocenters. The second-order valence-corrected chi connectivity index (χ2v) is 4.19. The highest BCUT2D eigenvalue weighted by atomic mass is 79.9. The van der Waals surface area contributed by atoms with Gasteiger partial charge in [-0.15, -0.1) is 0 Å². The molecule has 0 saturated carbocycles. The molecule has 0 aliphatic rings. The van der Waals surface area contributed by atoms with Crippen molar-refractivity contribution in [2.45, 2.75) is 0 Å². The molecule has 0 amide bonds. The number of hydrogen-bond acceptors (Lipinski definition) is 3. The van der Waals surface area contributed by atoms with Gasteiger partial charge in [-0.3, -0.25) is 0 Å². The average Bonchev–Trinajstić information content (AvgIpc) is 2.26. The van der Waals surface area contributed by atoms with Crippen LogP contribution in [0.2, 0.25) is 0 Å². The molecule has 6 heteroatoms. The Morgan fingerprint density at radius 2 is 1.94 bits per heavy atom. The first-order chi connectivity index (χ1) is 8.06. The molecule has 0 fully saturated rings. The van der Waals surface area contributed by atoms with Gasteiger partial charge in [-0.1, -0.05) is 0 Å². The van der Waals surface area contributed by atoms with Crippen LogP contribution in [0.1, 0.15) is 0 Å². The molecule has 88 valence electrons. The Balaban J connectivity index is 2.33. The lowest BCUT2D eigenvalue weighted by Crippen LogP contribution is -1.97. The van der Waals surface area contributed by atoms with Gasteiger partial charge in [-0.25, -0.2) is 13.8 Å². The van der Waals surface area contributed by atoms with Crippen LogP contribution >= 0.6 is 15.9 Å². The van der Waals surface area contributed by atoms with E-state index in [1.165, 1.54) is 12.3 Å². The van der Waals surface area contributed by atoms with E-state index in [9.17, 15) is 8.78 Å². The predicted octanol–water partition coefficient (Wildman–Crippen LogP) is 3.45. The van der Waals surface area contributed by atoms with Gasteiger partial charge in [0, 0.05) is 24.0 Å². The zero-order valence-corrected chi connectivity index (χ0v) is 10.1.